The van der Waals surface area contributed by atoms with Crippen molar-refractivity contribution in [2.24, 2.45) is 5.73 Å². The van der Waals surface area contributed by atoms with Crippen molar-refractivity contribution in [3.63, 3.8) is 0 Å². The van der Waals surface area contributed by atoms with E-state index in [1.165, 1.54) is 0 Å². The summed E-state index contributed by atoms with van der Waals surface area (Å²) in [6.07, 6.45) is 3.08. The highest BCUT2D eigenvalue weighted by Gasteiger charge is 2.40. The van der Waals surface area contributed by atoms with Gasteiger partial charge in [-0.2, -0.15) is 11.8 Å². The zero-order valence-corrected chi connectivity index (χ0v) is 14.5. The van der Waals surface area contributed by atoms with Crippen LogP contribution in [0.5, 0.6) is 0 Å². The summed E-state index contributed by atoms with van der Waals surface area (Å²) in [5.74, 6) is 1.18. The lowest BCUT2D eigenvalue weighted by Gasteiger charge is -2.26. The lowest BCUT2D eigenvalue weighted by Crippen LogP contribution is -2.58. The van der Waals surface area contributed by atoms with Gasteiger partial charge in [-0.3, -0.25) is 4.79 Å². The van der Waals surface area contributed by atoms with Crippen molar-refractivity contribution in [3.05, 3.63) is 34.9 Å². The molecule has 0 aromatic heterocycles. The van der Waals surface area contributed by atoms with Crippen LogP contribution in [0.3, 0.4) is 0 Å². The zero-order chi connectivity index (χ0) is 16.7. The predicted molar refractivity (Wildman–Crippen MR) is 94.5 cm³/mol. The molecule has 0 saturated heterocycles. The van der Waals surface area contributed by atoms with Crippen LogP contribution in [-0.4, -0.2) is 29.8 Å². The molecule has 23 heavy (non-hydrogen) atoms. The third-order valence-electron chi connectivity index (χ3n) is 3.97. The second kappa shape index (κ2) is 8.45. The number of hydrogen-bond donors (Lipinski definition) is 3. The maximum Gasteiger partial charge on any atom is 0.315 e. The SMILES string of the molecule is NC(=O)C1(NC(=O)NCCSCc2cccc(Cl)c2)CCCC1. The van der Waals surface area contributed by atoms with Gasteiger partial charge < -0.3 is 16.4 Å². The Morgan fingerprint density at radius 1 is 1.30 bits per heavy atom. The molecule has 126 valence electrons. The van der Waals surface area contributed by atoms with Gasteiger partial charge in [0.25, 0.3) is 0 Å². The number of benzene rings is 1. The highest BCUT2D eigenvalue weighted by atomic mass is 35.5. The van der Waals surface area contributed by atoms with Gasteiger partial charge in [-0.05, 0) is 30.5 Å². The van der Waals surface area contributed by atoms with Crippen LogP contribution in [0.25, 0.3) is 0 Å². The molecular formula is C16H22ClN3O2S. The molecule has 0 bridgehead atoms. The predicted octanol–water partition coefficient (Wildman–Crippen LogP) is 2.67. The van der Waals surface area contributed by atoms with Crippen LogP contribution in [0.4, 0.5) is 4.79 Å². The van der Waals surface area contributed by atoms with Crippen molar-refractivity contribution in [1.29, 1.82) is 0 Å². The first-order valence-corrected chi connectivity index (χ1v) is 9.23. The summed E-state index contributed by atoms with van der Waals surface area (Å²) < 4.78 is 0. The normalized spacial score (nSPS) is 16.0. The Bertz CT molecular complexity index is 562. The minimum atomic E-state index is -0.863. The minimum Gasteiger partial charge on any atom is -0.368 e. The number of hydrogen-bond acceptors (Lipinski definition) is 3. The molecule has 1 fully saturated rings. The van der Waals surface area contributed by atoms with Crippen LogP contribution in [0.2, 0.25) is 5.02 Å². The number of halogens is 1. The molecule has 0 atom stereocenters. The number of nitrogens with one attached hydrogen (secondary N) is 2. The largest absolute Gasteiger partial charge is 0.368 e. The zero-order valence-electron chi connectivity index (χ0n) is 12.9. The second-order valence-electron chi connectivity index (χ2n) is 5.72. The molecule has 1 aliphatic rings. The molecule has 7 heteroatoms. The Morgan fingerprint density at radius 3 is 2.70 bits per heavy atom. The van der Waals surface area contributed by atoms with E-state index in [9.17, 15) is 9.59 Å². The van der Waals surface area contributed by atoms with Gasteiger partial charge in [-0.15, -0.1) is 0 Å². The maximum absolute atomic E-state index is 11.9. The molecule has 0 spiro atoms. The van der Waals surface area contributed by atoms with Crippen molar-refractivity contribution < 1.29 is 9.59 Å². The molecule has 2 rings (SSSR count). The van der Waals surface area contributed by atoms with Crippen LogP contribution in [-0.2, 0) is 10.5 Å². The first-order valence-electron chi connectivity index (χ1n) is 7.70. The van der Waals surface area contributed by atoms with E-state index in [0.717, 1.165) is 34.9 Å². The molecule has 0 heterocycles. The topological polar surface area (TPSA) is 84.2 Å². The summed E-state index contributed by atoms with van der Waals surface area (Å²) >= 11 is 7.65. The first-order chi connectivity index (χ1) is 11.0. The Morgan fingerprint density at radius 2 is 2.04 bits per heavy atom. The van der Waals surface area contributed by atoms with E-state index in [2.05, 4.69) is 10.6 Å². The van der Waals surface area contributed by atoms with Crippen molar-refractivity contribution in [2.45, 2.75) is 37.0 Å². The molecule has 0 aliphatic heterocycles. The van der Waals surface area contributed by atoms with Gasteiger partial charge in [-0.1, -0.05) is 36.6 Å². The third-order valence-corrected chi connectivity index (χ3v) is 5.24. The molecule has 1 aromatic carbocycles. The summed E-state index contributed by atoms with van der Waals surface area (Å²) in [7, 11) is 0. The number of urea groups is 1. The van der Waals surface area contributed by atoms with Gasteiger partial charge in [0.2, 0.25) is 5.91 Å². The van der Waals surface area contributed by atoms with Gasteiger partial charge in [-0.25, -0.2) is 4.79 Å². The number of thioether (sulfide) groups is 1. The Balaban J connectivity index is 1.66. The fourth-order valence-corrected chi connectivity index (χ4v) is 3.75. The summed E-state index contributed by atoms with van der Waals surface area (Å²) in [6.45, 7) is 0.534. The number of amides is 3. The monoisotopic (exact) mass is 355 g/mol. The van der Waals surface area contributed by atoms with Crippen LogP contribution >= 0.6 is 23.4 Å². The molecule has 4 N–H and O–H groups in total. The van der Waals surface area contributed by atoms with Crippen LogP contribution < -0.4 is 16.4 Å². The summed E-state index contributed by atoms with van der Waals surface area (Å²) in [6, 6.07) is 7.41. The average Bonchev–Trinajstić information content (AvgIpc) is 2.97. The fraction of sp³-hybridized carbons (Fsp3) is 0.500. The molecule has 1 saturated carbocycles. The maximum atomic E-state index is 11.9. The van der Waals surface area contributed by atoms with E-state index in [-0.39, 0.29) is 6.03 Å². The number of carbonyl (C=O) groups is 2. The van der Waals surface area contributed by atoms with E-state index in [4.69, 9.17) is 17.3 Å². The van der Waals surface area contributed by atoms with E-state index < -0.39 is 11.4 Å². The van der Waals surface area contributed by atoms with Crippen LogP contribution in [0.15, 0.2) is 24.3 Å². The van der Waals surface area contributed by atoms with Crippen molar-refractivity contribution in [1.82, 2.24) is 10.6 Å². The van der Waals surface area contributed by atoms with Gasteiger partial charge in [0.15, 0.2) is 0 Å². The molecule has 1 aliphatic carbocycles. The molecule has 3 amide bonds. The standard InChI is InChI=1S/C16H22ClN3O2S/c17-13-5-3-4-12(10-13)11-23-9-8-19-15(22)20-16(14(18)21)6-1-2-7-16/h3-5,10H,1-2,6-9,11H2,(H2,18,21)(H2,19,20,22). The van der Waals surface area contributed by atoms with Crippen LogP contribution in [0.1, 0.15) is 31.2 Å². The Kier molecular flexibility index (Phi) is 6.59. The molecule has 1 aromatic rings. The highest BCUT2D eigenvalue weighted by molar-refractivity contribution is 7.98. The average molecular weight is 356 g/mol. The van der Waals surface area contributed by atoms with Gasteiger partial charge in [0, 0.05) is 23.1 Å². The smallest absolute Gasteiger partial charge is 0.315 e. The second-order valence-corrected chi connectivity index (χ2v) is 7.26. The highest BCUT2D eigenvalue weighted by Crippen LogP contribution is 2.29. The minimum absolute atomic E-state index is 0.325. The van der Waals surface area contributed by atoms with Gasteiger partial charge in [0.05, 0.1) is 0 Å². The van der Waals surface area contributed by atoms with Crippen LogP contribution in [0, 0.1) is 0 Å². The van der Waals surface area contributed by atoms with Crippen molar-refractivity contribution >= 4 is 35.3 Å². The molecule has 0 unspecified atom stereocenters. The fourth-order valence-electron chi connectivity index (χ4n) is 2.73. The van der Waals surface area contributed by atoms with Gasteiger partial charge >= 0.3 is 6.03 Å². The summed E-state index contributed by atoms with van der Waals surface area (Å²) in [5.41, 5.74) is 5.73. The lowest BCUT2D eigenvalue weighted by atomic mass is 9.97. The number of rotatable bonds is 7. The van der Waals surface area contributed by atoms with Crippen molar-refractivity contribution in [3.8, 4) is 0 Å². The first kappa shape index (κ1) is 17.9. The number of carbonyl (C=O) groups excluding carboxylic acids is 2. The third kappa shape index (κ3) is 5.32. The Hall–Kier alpha value is -1.40. The van der Waals surface area contributed by atoms with E-state index in [1.807, 2.05) is 24.3 Å². The van der Waals surface area contributed by atoms with Crippen molar-refractivity contribution in [2.75, 3.05) is 12.3 Å². The van der Waals surface area contributed by atoms with Gasteiger partial charge in [0.1, 0.15) is 5.54 Å². The summed E-state index contributed by atoms with van der Waals surface area (Å²) in [5, 5.41) is 6.27. The Labute approximate surface area is 145 Å². The molecule has 0 radical (unpaired) electrons. The number of nitrogens with two attached hydrogens (primary N) is 1. The number of primary amides is 1. The van der Waals surface area contributed by atoms with E-state index >= 15 is 0 Å². The molecular weight excluding hydrogens is 334 g/mol. The van der Waals surface area contributed by atoms with E-state index in [0.29, 0.717) is 19.4 Å². The summed E-state index contributed by atoms with van der Waals surface area (Å²) in [4.78, 5) is 23.5. The molecule has 5 nitrogen and oxygen atoms in total. The quantitative estimate of drug-likeness (QED) is 0.657. The van der Waals surface area contributed by atoms with E-state index in [1.54, 1.807) is 11.8 Å². The lowest BCUT2D eigenvalue weighted by molar-refractivity contribution is -0.123.